The number of carbonyl (C=O) groups is 2. The molecule has 2 N–H and O–H groups in total. The minimum Gasteiger partial charge on any atom is -0.268 e. The molecule has 0 heterocycles. The highest BCUT2D eigenvalue weighted by Gasteiger charge is 2.05. The molecule has 0 aliphatic rings. The number of rotatable bonds is 3. The molecule has 0 aromatic heterocycles. The van der Waals surface area contributed by atoms with E-state index in [4.69, 9.17) is 0 Å². The number of halogens is 1. The van der Waals surface area contributed by atoms with E-state index in [1.165, 1.54) is 6.08 Å². The van der Waals surface area contributed by atoms with Gasteiger partial charge in [-0.05, 0) is 42.8 Å². The molecule has 22 heavy (non-hydrogen) atoms. The molecule has 2 rings (SSSR count). The van der Waals surface area contributed by atoms with Crippen LogP contribution in [-0.2, 0) is 4.79 Å². The lowest BCUT2D eigenvalue weighted by atomic mass is 10.1. The van der Waals surface area contributed by atoms with Gasteiger partial charge < -0.3 is 0 Å². The highest BCUT2D eigenvalue weighted by Crippen LogP contribution is 2.11. The lowest BCUT2D eigenvalue weighted by Crippen LogP contribution is -2.40. The number of nitrogens with one attached hydrogen (secondary N) is 2. The Hall–Kier alpha value is -2.40. The van der Waals surface area contributed by atoms with Crippen LogP contribution >= 0.6 is 15.9 Å². The molecular weight excluding hydrogens is 344 g/mol. The van der Waals surface area contributed by atoms with Crippen molar-refractivity contribution in [3.8, 4) is 0 Å². The average molecular weight is 359 g/mol. The number of benzene rings is 2. The molecule has 0 radical (unpaired) electrons. The fraction of sp³-hybridized carbons (Fsp3) is 0.0588. The Bertz CT molecular complexity index is 692. The van der Waals surface area contributed by atoms with Crippen LogP contribution in [0.25, 0.3) is 6.08 Å². The molecule has 0 saturated carbocycles. The Morgan fingerprint density at radius 2 is 1.59 bits per heavy atom. The lowest BCUT2D eigenvalue weighted by molar-refractivity contribution is -0.117. The summed E-state index contributed by atoms with van der Waals surface area (Å²) in [7, 11) is 0. The van der Waals surface area contributed by atoms with E-state index in [2.05, 4.69) is 26.8 Å². The number of amides is 2. The average Bonchev–Trinajstić information content (AvgIpc) is 2.52. The fourth-order valence-electron chi connectivity index (χ4n) is 1.68. The molecule has 0 atom stereocenters. The fourth-order valence-corrected chi connectivity index (χ4v) is 1.95. The Morgan fingerprint density at radius 3 is 2.23 bits per heavy atom. The summed E-state index contributed by atoms with van der Waals surface area (Å²) in [4.78, 5) is 23.5. The second kappa shape index (κ2) is 7.56. The quantitative estimate of drug-likeness (QED) is 0.653. The van der Waals surface area contributed by atoms with Crippen molar-refractivity contribution in [3.63, 3.8) is 0 Å². The second-order valence-electron chi connectivity index (χ2n) is 4.69. The van der Waals surface area contributed by atoms with Crippen molar-refractivity contribution in [1.82, 2.24) is 10.9 Å². The number of carbonyl (C=O) groups excluding carboxylic acids is 2. The Kier molecular flexibility index (Phi) is 5.49. The SMILES string of the molecule is Cc1ccc(C(=O)NNC(=O)/C=C/c2ccc(Br)cc2)cc1. The van der Waals surface area contributed by atoms with Gasteiger partial charge in [-0.2, -0.15) is 0 Å². The maximum absolute atomic E-state index is 11.8. The molecule has 2 amide bonds. The van der Waals surface area contributed by atoms with Gasteiger partial charge in [-0.3, -0.25) is 20.4 Å². The van der Waals surface area contributed by atoms with Gasteiger partial charge in [0, 0.05) is 16.1 Å². The van der Waals surface area contributed by atoms with Gasteiger partial charge in [0.05, 0.1) is 0 Å². The van der Waals surface area contributed by atoms with Gasteiger partial charge in [-0.25, -0.2) is 0 Å². The smallest absolute Gasteiger partial charge is 0.268 e. The summed E-state index contributed by atoms with van der Waals surface area (Å²) in [6.07, 6.45) is 3.03. The van der Waals surface area contributed by atoms with Crippen molar-refractivity contribution in [2.24, 2.45) is 0 Å². The number of aryl methyl sites for hydroxylation is 1. The minimum atomic E-state index is -0.400. The summed E-state index contributed by atoms with van der Waals surface area (Å²) in [5, 5.41) is 0. The van der Waals surface area contributed by atoms with Crippen LogP contribution in [0.5, 0.6) is 0 Å². The number of hydrazine groups is 1. The van der Waals surface area contributed by atoms with Crippen LogP contribution in [0.15, 0.2) is 59.1 Å². The predicted molar refractivity (Wildman–Crippen MR) is 90.0 cm³/mol. The second-order valence-corrected chi connectivity index (χ2v) is 5.61. The van der Waals surface area contributed by atoms with E-state index in [9.17, 15) is 9.59 Å². The van der Waals surface area contributed by atoms with Gasteiger partial charge in [0.15, 0.2) is 0 Å². The molecular formula is C17H15BrN2O2. The zero-order valence-corrected chi connectivity index (χ0v) is 13.6. The minimum absolute atomic E-state index is 0.356. The maximum atomic E-state index is 11.8. The molecule has 0 saturated heterocycles. The monoisotopic (exact) mass is 358 g/mol. The summed E-state index contributed by atoms with van der Waals surface area (Å²) < 4.78 is 0.972. The maximum Gasteiger partial charge on any atom is 0.269 e. The molecule has 2 aromatic rings. The van der Waals surface area contributed by atoms with Gasteiger partial charge in [0.25, 0.3) is 11.8 Å². The first kappa shape index (κ1) is 16.0. The van der Waals surface area contributed by atoms with Crippen molar-refractivity contribution in [2.45, 2.75) is 6.92 Å². The zero-order chi connectivity index (χ0) is 15.9. The van der Waals surface area contributed by atoms with Gasteiger partial charge in [0.1, 0.15) is 0 Å². The van der Waals surface area contributed by atoms with Crippen LogP contribution in [0.3, 0.4) is 0 Å². The predicted octanol–water partition coefficient (Wildman–Crippen LogP) is 3.23. The van der Waals surface area contributed by atoms with E-state index in [-0.39, 0.29) is 5.91 Å². The van der Waals surface area contributed by atoms with Gasteiger partial charge in [-0.15, -0.1) is 0 Å². The van der Waals surface area contributed by atoms with Crippen LogP contribution in [-0.4, -0.2) is 11.8 Å². The molecule has 0 unspecified atom stereocenters. The first-order valence-corrected chi connectivity index (χ1v) is 7.44. The summed E-state index contributed by atoms with van der Waals surface area (Å²) in [6.45, 7) is 1.94. The Labute approximate surface area is 137 Å². The summed E-state index contributed by atoms with van der Waals surface area (Å²) in [6, 6.07) is 14.6. The summed E-state index contributed by atoms with van der Waals surface area (Å²) in [5.74, 6) is -0.756. The third-order valence-electron chi connectivity index (χ3n) is 2.91. The topological polar surface area (TPSA) is 58.2 Å². The lowest BCUT2D eigenvalue weighted by Gasteiger charge is -2.05. The number of hydrogen-bond donors (Lipinski definition) is 2. The third kappa shape index (κ3) is 4.86. The van der Waals surface area contributed by atoms with E-state index in [1.807, 2.05) is 43.3 Å². The van der Waals surface area contributed by atoms with Crippen molar-refractivity contribution < 1.29 is 9.59 Å². The molecule has 0 spiro atoms. The van der Waals surface area contributed by atoms with Crippen LogP contribution in [0.4, 0.5) is 0 Å². The van der Waals surface area contributed by atoms with Crippen LogP contribution < -0.4 is 10.9 Å². The van der Waals surface area contributed by atoms with Crippen molar-refractivity contribution in [1.29, 1.82) is 0 Å². The zero-order valence-electron chi connectivity index (χ0n) is 12.0. The van der Waals surface area contributed by atoms with Crippen molar-refractivity contribution in [2.75, 3.05) is 0 Å². The molecule has 0 aliphatic carbocycles. The number of hydrogen-bond acceptors (Lipinski definition) is 2. The largest absolute Gasteiger partial charge is 0.269 e. The molecule has 4 nitrogen and oxygen atoms in total. The third-order valence-corrected chi connectivity index (χ3v) is 3.44. The van der Waals surface area contributed by atoms with Crippen LogP contribution in [0.2, 0.25) is 0 Å². The molecule has 0 fully saturated rings. The summed E-state index contributed by atoms with van der Waals surface area (Å²) >= 11 is 3.34. The highest BCUT2D eigenvalue weighted by molar-refractivity contribution is 9.10. The van der Waals surface area contributed by atoms with E-state index in [0.29, 0.717) is 5.56 Å². The standard InChI is InChI=1S/C17H15BrN2O2/c1-12-2-7-14(8-3-12)17(22)20-19-16(21)11-6-13-4-9-15(18)10-5-13/h2-11H,1H3,(H,19,21)(H,20,22)/b11-6+. The van der Waals surface area contributed by atoms with Gasteiger partial charge >= 0.3 is 0 Å². The Morgan fingerprint density at radius 1 is 0.955 bits per heavy atom. The van der Waals surface area contributed by atoms with E-state index >= 15 is 0 Å². The molecule has 0 bridgehead atoms. The van der Waals surface area contributed by atoms with Crippen LogP contribution in [0.1, 0.15) is 21.5 Å². The van der Waals surface area contributed by atoms with E-state index in [1.54, 1.807) is 18.2 Å². The molecule has 112 valence electrons. The van der Waals surface area contributed by atoms with Crippen molar-refractivity contribution >= 4 is 33.8 Å². The molecule has 2 aromatic carbocycles. The van der Waals surface area contributed by atoms with Crippen LogP contribution in [0, 0.1) is 6.92 Å². The van der Waals surface area contributed by atoms with Gasteiger partial charge in [0.2, 0.25) is 0 Å². The van der Waals surface area contributed by atoms with E-state index in [0.717, 1.165) is 15.6 Å². The first-order valence-electron chi connectivity index (χ1n) is 6.65. The molecule has 5 heteroatoms. The summed E-state index contributed by atoms with van der Waals surface area (Å²) in [5.41, 5.74) is 7.16. The van der Waals surface area contributed by atoms with Crippen molar-refractivity contribution in [3.05, 3.63) is 75.8 Å². The molecule has 0 aliphatic heterocycles. The highest BCUT2D eigenvalue weighted by atomic mass is 79.9. The van der Waals surface area contributed by atoms with Gasteiger partial charge in [-0.1, -0.05) is 45.8 Å². The Balaban J connectivity index is 1.86. The first-order chi connectivity index (χ1) is 10.5. The normalized spacial score (nSPS) is 10.5. The van der Waals surface area contributed by atoms with E-state index < -0.39 is 5.91 Å².